The van der Waals surface area contributed by atoms with Crippen molar-refractivity contribution in [2.24, 2.45) is 0 Å². The smallest absolute Gasteiger partial charge is 0.279 e. The van der Waals surface area contributed by atoms with E-state index in [4.69, 9.17) is 8.94 Å². The average molecular weight is 448 g/mol. The van der Waals surface area contributed by atoms with Gasteiger partial charge in [0.1, 0.15) is 11.5 Å². The summed E-state index contributed by atoms with van der Waals surface area (Å²) in [5.74, 6) is 0.935. The SMILES string of the molecule is CCc1cc(=O)[nH]c(-n2nc(-c3ccco3)cc2NC(=O)c2cc(-c3cccs3)on2)n1. The number of furan rings is 1. The van der Waals surface area contributed by atoms with E-state index in [0.29, 0.717) is 29.3 Å². The quantitative estimate of drug-likeness (QED) is 0.404. The van der Waals surface area contributed by atoms with Crippen LogP contribution < -0.4 is 10.9 Å². The lowest BCUT2D eigenvalue weighted by Crippen LogP contribution is -2.19. The Morgan fingerprint density at radius 3 is 2.88 bits per heavy atom. The third-order valence-corrected chi connectivity index (χ3v) is 5.46. The highest BCUT2D eigenvalue weighted by Crippen LogP contribution is 2.27. The van der Waals surface area contributed by atoms with Gasteiger partial charge in [0, 0.05) is 23.9 Å². The maximum Gasteiger partial charge on any atom is 0.279 e. The van der Waals surface area contributed by atoms with Crippen LogP contribution in [0, 0.1) is 0 Å². The molecule has 0 bridgehead atoms. The maximum absolute atomic E-state index is 12.9. The van der Waals surface area contributed by atoms with E-state index in [-0.39, 0.29) is 23.0 Å². The lowest BCUT2D eigenvalue weighted by atomic mass is 10.3. The molecule has 5 aromatic heterocycles. The number of amides is 1. The van der Waals surface area contributed by atoms with Crippen molar-refractivity contribution in [1.29, 1.82) is 0 Å². The number of carbonyl (C=O) groups excluding carboxylic acids is 1. The van der Waals surface area contributed by atoms with E-state index in [1.54, 1.807) is 24.3 Å². The molecule has 0 aliphatic heterocycles. The predicted octanol–water partition coefficient (Wildman–Crippen LogP) is 3.75. The van der Waals surface area contributed by atoms with Crippen LogP contribution in [-0.2, 0) is 6.42 Å². The Balaban J connectivity index is 1.52. The van der Waals surface area contributed by atoms with E-state index in [0.717, 1.165) is 4.88 Å². The second-order valence-corrected chi connectivity index (χ2v) is 7.67. The summed E-state index contributed by atoms with van der Waals surface area (Å²) < 4.78 is 12.1. The van der Waals surface area contributed by atoms with Crippen molar-refractivity contribution in [3.8, 4) is 28.0 Å². The van der Waals surface area contributed by atoms with Crippen LogP contribution in [0.3, 0.4) is 0 Å². The molecule has 160 valence electrons. The zero-order valence-electron chi connectivity index (χ0n) is 16.7. The van der Waals surface area contributed by atoms with Crippen LogP contribution in [0.5, 0.6) is 0 Å². The molecule has 5 rings (SSSR count). The molecular formula is C21H16N6O4S. The minimum absolute atomic E-state index is 0.101. The van der Waals surface area contributed by atoms with Gasteiger partial charge in [-0.25, -0.2) is 4.98 Å². The van der Waals surface area contributed by atoms with Gasteiger partial charge in [-0.05, 0) is 30.0 Å². The number of H-pyrrole nitrogens is 1. The van der Waals surface area contributed by atoms with Gasteiger partial charge in [0.25, 0.3) is 11.5 Å². The third-order valence-electron chi connectivity index (χ3n) is 4.58. The second-order valence-electron chi connectivity index (χ2n) is 6.73. The van der Waals surface area contributed by atoms with Gasteiger partial charge in [0.15, 0.2) is 17.2 Å². The highest BCUT2D eigenvalue weighted by Gasteiger charge is 2.20. The minimum atomic E-state index is -0.502. The molecule has 5 heterocycles. The largest absolute Gasteiger partial charge is 0.463 e. The van der Waals surface area contributed by atoms with Crippen molar-refractivity contribution in [2.45, 2.75) is 13.3 Å². The number of rotatable bonds is 6. The zero-order chi connectivity index (χ0) is 22.1. The molecule has 5 aromatic rings. The Morgan fingerprint density at radius 2 is 2.12 bits per heavy atom. The fraction of sp³-hybridized carbons (Fsp3) is 0.0952. The van der Waals surface area contributed by atoms with Gasteiger partial charge >= 0.3 is 0 Å². The summed E-state index contributed by atoms with van der Waals surface area (Å²) in [5.41, 5.74) is 0.822. The van der Waals surface area contributed by atoms with Gasteiger partial charge in [0.2, 0.25) is 5.95 Å². The highest BCUT2D eigenvalue weighted by atomic mass is 32.1. The first-order valence-electron chi connectivity index (χ1n) is 9.67. The van der Waals surface area contributed by atoms with E-state index in [2.05, 4.69) is 25.5 Å². The molecule has 0 saturated carbocycles. The van der Waals surface area contributed by atoms with Crippen molar-refractivity contribution in [1.82, 2.24) is 24.9 Å². The Morgan fingerprint density at radius 1 is 1.22 bits per heavy atom. The molecule has 1 amide bonds. The van der Waals surface area contributed by atoms with Crippen LogP contribution in [0.4, 0.5) is 5.82 Å². The molecule has 2 N–H and O–H groups in total. The number of anilines is 1. The van der Waals surface area contributed by atoms with Crippen molar-refractivity contribution in [2.75, 3.05) is 5.32 Å². The number of aromatic nitrogens is 5. The molecule has 0 fully saturated rings. The van der Waals surface area contributed by atoms with E-state index in [1.807, 2.05) is 24.4 Å². The predicted molar refractivity (Wildman–Crippen MR) is 117 cm³/mol. The molecule has 10 nitrogen and oxygen atoms in total. The Labute approximate surface area is 184 Å². The molecule has 32 heavy (non-hydrogen) atoms. The van der Waals surface area contributed by atoms with Crippen molar-refractivity contribution in [3.63, 3.8) is 0 Å². The van der Waals surface area contributed by atoms with Crippen LogP contribution in [0.25, 0.3) is 28.0 Å². The number of nitrogens with one attached hydrogen (secondary N) is 2. The van der Waals surface area contributed by atoms with Gasteiger partial charge < -0.3 is 14.3 Å². The first-order chi connectivity index (χ1) is 15.6. The van der Waals surface area contributed by atoms with Gasteiger partial charge in [-0.15, -0.1) is 11.3 Å². The number of aromatic amines is 1. The van der Waals surface area contributed by atoms with E-state index in [1.165, 1.54) is 28.3 Å². The number of nitrogens with zero attached hydrogens (tertiary/aromatic N) is 4. The Hall–Kier alpha value is -4.25. The van der Waals surface area contributed by atoms with Crippen LogP contribution >= 0.6 is 11.3 Å². The van der Waals surface area contributed by atoms with E-state index in [9.17, 15) is 9.59 Å². The maximum atomic E-state index is 12.9. The Bertz CT molecular complexity index is 1430. The molecular weight excluding hydrogens is 432 g/mol. The lowest BCUT2D eigenvalue weighted by molar-refractivity contribution is 0.101. The number of aryl methyl sites for hydroxylation is 1. The van der Waals surface area contributed by atoms with Gasteiger partial charge in [-0.1, -0.05) is 18.1 Å². The molecule has 0 spiro atoms. The molecule has 11 heteroatoms. The fourth-order valence-electron chi connectivity index (χ4n) is 3.05. The molecule has 0 aromatic carbocycles. The number of hydrogen-bond donors (Lipinski definition) is 2. The third kappa shape index (κ3) is 3.76. The molecule has 0 aliphatic rings. The fourth-order valence-corrected chi connectivity index (χ4v) is 3.72. The topological polar surface area (TPSA) is 132 Å². The van der Waals surface area contributed by atoms with Gasteiger partial charge in [-0.3, -0.25) is 14.6 Å². The summed E-state index contributed by atoms with van der Waals surface area (Å²) in [6.45, 7) is 1.89. The van der Waals surface area contributed by atoms with E-state index >= 15 is 0 Å². The first kappa shape index (κ1) is 19.7. The van der Waals surface area contributed by atoms with Gasteiger partial charge in [-0.2, -0.15) is 9.78 Å². The molecule has 0 atom stereocenters. The van der Waals surface area contributed by atoms with Crippen LogP contribution in [0.1, 0.15) is 23.1 Å². The standard InChI is InChI=1S/C21H16N6O4S/c1-2-12-9-19(28)24-21(22-12)27-18(11-13(25-27)15-5-3-7-30-15)23-20(29)14-10-16(31-26-14)17-6-4-8-32-17/h3-11H,2H2,1H3,(H,23,29)(H,22,24,28). The summed E-state index contributed by atoms with van der Waals surface area (Å²) in [5, 5.41) is 13.0. The molecule has 0 aliphatic carbocycles. The monoisotopic (exact) mass is 448 g/mol. The van der Waals surface area contributed by atoms with Crippen LogP contribution in [0.15, 0.2) is 67.8 Å². The van der Waals surface area contributed by atoms with Crippen molar-refractivity contribution >= 4 is 23.1 Å². The average Bonchev–Trinajstić information content (AvgIpc) is 3.59. The van der Waals surface area contributed by atoms with Crippen molar-refractivity contribution < 1.29 is 13.7 Å². The second kappa shape index (κ2) is 8.12. The minimum Gasteiger partial charge on any atom is -0.463 e. The summed E-state index contributed by atoms with van der Waals surface area (Å²) in [7, 11) is 0. The molecule has 0 radical (unpaired) electrons. The van der Waals surface area contributed by atoms with Gasteiger partial charge in [0.05, 0.1) is 11.1 Å². The van der Waals surface area contributed by atoms with Crippen molar-refractivity contribution in [3.05, 3.63) is 75.8 Å². The van der Waals surface area contributed by atoms with Crippen LogP contribution in [-0.4, -0.2) is 30.8 Å². The van der Waals surface area contributed by atoms with E-state index < -0.39 is 5.91 Å². The summed E-state index contributed by atoms with van der Waals surface area (Å²) in [6, 6.07) is 11.8. The lowest BCUT2D eigenvalue weighted by Gasteiger charge is -2.07. The zero-order valence-corrected chi connectivity index (χ0v) is 17.5. The first-order valence-corrected chi connectivity index (χ1v) is 10.5. The summed E-state index contributed by atoms with van der Waals surface area (Å²) in [6.07, 6.45) is 2.08. The Kier molecular flexibility index (Phi) is 5.00. The van der Waals surface area contributed by atoms with Crippen LogP contribution in [0.2, 0.25) is 0 Å². The number of thiophene rings is 1. The number of hydrogen-bond acceptors (Lipinski definition) is 8. The molecule has 0 saturated heterocycles. The molecule has 0 unspecified atom stereocenters. The summed E-state index contributed by atoms with van der Waals surface area (Å²) >= 11 is 1.48. The number of carbonyl (C=O) groups is 1. The summed E-state index contributed by atoms with van der Waals surface area (Å²) in [4.78, 5) is 32.9. The highest BCUT2D eigenvalue weighted by molar-refractivity contribution is 7.13. The normalized spacial score (nSPS) is 11.0.